The predicted octanol–water partition coefficient (Wildman–Crippen LogP) is 2.12. The molecule has 0 bridgehead atoms. The minimum atomic E-state index is -0.174. The van der Waals surface area contributed by atoms with Crippen molar-refractivity contribution in [2.24, 2.45) is 0 Å². The Morgan fingerprint density at radius 3 is 2.94 bits per heavy atom. The van der Waals surface area contributed by atoms with Gasteiger partial charge in [0.15, 0.2) is 6.61 Å². The minimum Gasteiger partial charge on any atom is -0.484 e. The molecule has 0 radical (unpaired) electrons. The molecule has 0 aromatic heterocycles. The van der Waals surface area contributed by atoms with Gasteiger partial charge in [-0.2, -0.15) is 5.26 Å². The molecule has 17 heavy (non-hydrogen) atoms. The van der Waals surface area contributed by atoms with Gasteiger partial charge >= 0.3 is 0 Å². The van der Waals surface area contributed by atoms with Gasteiger partial charge in [0, 0.05) is 12.6 Å². The van der Waals surface area contributed by atoms with Crippen molar-refractivity contribution in [3.63, 3.8) is 0 Å². The fourth-order valence-corrected chi connectivity index (χ4v) is 1.35. The van der Waals surface area contributed by atoms with Crippen molar-refractivity contribution in [3.8, 4) is 11.8 Å². The van der Waals surface area contributed by atoms with Gasteiger partial charge in [0.2, 0.25) is 0 Å². The second kappa shape index (κ2) is 6.77. The average molecular weight is 253 g/mol. The predicted molar refractivity (Wildman–Crippen MR) is 65.0 cm³/mol. The molecule has 0 fully saturated rings. The Kier molecular flexibility index (Phi) is 5.31. The van der Waals surface area contributed by atoms with Gasteiger partial charge in [-0.15, -0.1) is 0 Å². The van der Waals surface area contributed by atoms with Gasteiger partial charge in [0.25, 0.3) is 5.91 Å². The van der Waals surface area contributed by atoms with E-state index in [-0.39, 0.29) is 12.5 Å². The van der Waals surface area contributed by atoms with E-state index in [9.17, 15) is 4.79 Å². The topological polar surface area (TPSA) is 62.1 Å². The Labute approximate surface area is 105 Å². The normalized spacial score (nSPS) is 9.47. The summed E-state index contributed by atoms with van der Waals surface area (Å²) in [7, 11) is 0. The molecule has 0 aliphatic heterocycles. The zero-order valence-corrected chi connectivity index (χ0v) is 10.3. The Morgan fingerprint density at radius 2 is 2.35 bits per heavy atom. The summed E-state index contributed by atoms with van der Waals surface area (Å²) in [5, 5.41) is 11.7. The second-order valence-electron chi connectivity index (χ2n) is 3.39. The number of hydrogen-bond acceptors (Lipinski definition) is 3. The van der Waals surface area contributed by atoms with E-state index in [1.165, 1.54) is 6.07 Å². The number of benzene rings is 1. The van der Waals surface area contributed by atoms with Crippen molar-refractivity contribution >= 4 is 17.5 Å². The van der Waals surface area contributed by atoms with Gasteiger partial charge in [0.05, 0.1) is 10.6 Å². The fourth-order valence-electron chi connectivity index (χ4n) is 1.14. The third kappa shape index (κ3) is 4.33. The summed E-state index contributed by atoms with van der Waals surface area (Å²) in [4.78, 5) is 11.3. The number of carbonyl (C=O) groups excluding carboxylic acids is 1. The van der Waals surface area contributed by atoms with Crippen LogP contribution in [0.15, 0.2) is 18.2 Å². The number of halogens is 1. The first-order valence-corrected chi connectivity index (χ1v) is 5.64. The second-order valence-corrected chi connectivity index (χ2v) is 3.80. The quantitative estimate of drug-likeness (QED) is 0.873. The number of nitrogens with zero attached hydrogens (tertiary/aromatic N) is 1. The first kappa shape index (κ1) is 13.3. The first-order valence-electron chi connectivity index (χ1n) is 5.26. The first-order chi connectivity index (χ1) is 8.17. The molecular weight excluding hydrogens is 240 g/mol. The van der Waals surface area contributed by atoms with Gasteiger partial charge in [-0.05, 0) is 18.6 Å². The molecule has 1 rings (SSSR count). The molecule has 1 amide bonds. The molecule has 0 atom stereocenters. The van der Waals surface area contributed by atoms with Crippen LogP contribution in [-0.4, -0.2) is 19.1 Å². The maximum atomic E-state index is 11.3. The summed E-state index contributed by atoms with van der Waals surface area (Å²) in [5.41, 5.74) is 0.384. The van der Waals surface area contributed by atoms with E-state index in [1.807, 2.05) is 13.0 Å². The van der Waals surface area contributed by atoms with E-state index in [4.69, 9.17) is 21.6 Å². The Bertz CT molecular complexity index is 441. The van der Waals surface area contributed by atoms with Gasteiger partial charge in [-0.1, -0.05) is 18.5 Å². The number of nitrogens with one attached hydrogen (secondary N) is 1. The van der Waals surface area contributed by atoms with Crippen LogP contribution in [0.1, 0.15) is 18.9 Å². The van der Waals surface area contributed by atoms with Crippen LogP contribution in [0, 0.1) is 11.3 Å². The van der Waals surface area contributed by atoms with Crippen LogP contribution in [0.4, 0.5) is 0 Å². The lowest BCUT2D eigenvalue weighted by Gasteiger charge is -2.07. The summed E-state index contributed by atoms with van der Waals surface area (Å²) < 4.78 is 5.24. The molecule has 0 saturated heterocycles. The third-order valence-electron chi connectivity index (χ3n) is 2.00. The molecule has 0 aliphatic carbocycles. The number of rotatable bonds is 5. The van der Waals surface area contributed by atoms with Crippen LogP contribution in [-0.2, 0) is 4.79 Å². The van der Waals surface area contributed by atoms with Crippen molar-refractivity contribution in [2.75, 3.05) is 13.2 Å². The molecule has 0 unspecified atom stereocenters. The van der Waals surface area contributed by atoms with Crippen LogP contribution in [0.25, 0.3) is 0 Å². The van der Waals surface area contributed by atoms with E-state index in [0.717, 1.165) is 6.42 Å². The van der Waals surface area contributed by atoms with E-state index >= 15 is 0 Å². The number of ether oxygens (including phenoxy) is 1. The highest BCUT2D eigenvalue weighted by atomic mass is 35.5. The molecule has 0 saturated carbocycles. The highest BCUT2D eigenvalue weighted by Crippen LogP contribution is 2.21. The van der Waals surface area contributed by atoms with E-state index in [1.54, 1.807) is 12.1 Å². The highest BCUT2D eigenvalue weighted by molar-refractivity contribution is 6.31. The molecule has 0 spiro atoms. The van der Waals surface area contributed by atoms with Crippen molar-refractivity contribution < 1.29 is 9.53 Å². The molecule has 1 aromatic carbocycles. The molecular formula is C12H13ClN2O2. The van der Waals surface area contributed by atoms with Crippen LogP contribution < -0.4 is 10.1 Å². The number of nitriles is 1. The lowest BCUT2D eigenvalue weighted by molar-refractivity contribution is -0.123. The van der Waals surface area contributed by atoms with Crippen molar-refractivity contribution in [1.29, 1.82) is 5.26 Å². The van der Waals surface area contributed by atoms with E-state index in [2.05, 4.69) is 5.32 Å². The van der Waals surface area contributed by atoms with Gasteiger partial charge in [-0.3, -0.25) is 4.79 Å². The van der Waals surface area contributed by atoms with Crippen molar-refractivity contribution in [2.45, 2.75) is 13.3 Å². The molecule has 5 heteroatoms. The summed E-state index contributed by atoms with van der Waals surface area (Å²) in [6, 6.07) is 6.64. The lowest BCUT2D eigenvalue weighted by Crippen LogP contribution is -2.29. The Balaban J connectivity index is 2.50. The van der Waals surface area contributed by atoms with Crippen LogP contribution >= 0.6 is 11.6 Å². The van der Waals surface area contributed by atoms with Crippen LogP contribution in [0.3, 0.4) is 0 Å². The summed E-state index contributed by atoms with van der Waals surface area (Å²) in [6.07, 6.45) is 0.883. The summed E-state index contributed by atoms with van der Waals surface area (Å²) in [5.74, 6) is 0.299. The van der Waals surface area contributed by atoms with Gasteiger partial charge < -0.3 is 10.1 Å². The lowest BCUT2D eigenvalue weighted by atomic mass is 10.2. The fraction of sp³-hybridized carbons (Fsp3) is 0.333. The minimum absolute atomic E-state index is 0.0533. The molecule has 90 valence electrons. The number of hydrogen-bond donors (Lipinski definition) is 1. The molecule has 1 aromatic rings. The zero-order valence-electron chi connectivity index (χ0n) is 9.50. The summed E-state index contributed by atoms with van der Waals surface area (Å²) >= 11 is 5.83. The van der Waals surface area contributed by atoms with Crippen molar-refractivity contribution in [1.82, 2.24) is 5.32 Å². The number of amides is 1. The smallest absolute Gasteiger partial charge is 0.257 e. The summed E-state index contributed by atoms with van der Waals surface area (Å²) in [6.45, 7) is 2.56. The number of carbonyl (C=O) groups is 1. The largest absolute Gasteiger partial charge is 0.484 e. The average Bonchev–Trinajstić information content (AvgIpc) is 2.34. The monoisotopic (exact) mass is 252 g/mol. The molecule has 1 N–H and O–H groups in total. The SMILES string of the molecule is CCCNC(=O)COc1ccc(C#N)c(Cl)c1. The standard InChI is InChI=1S/C12H13ClN2O2/c1-2-5-15-12(16)8-17-10-4-3-9(7-14)11(13)6-10/h3-4,6H,2,5,8H2,1H3,(H,15,16). The zero-order chi connectivity index (χ0) is 12.7. The molecule has 0 aliphatic rings. The maximum Gasteiger partial charge on any atom is 0.257 e. The van der Waals surface area contributed by atoms with Crippen LogP contribution in [0.5, 0.6) is 5.75 Å². The molecule has 0 heterocycles. The van der Waals surface area contributed by atoms with Crippen molar-refractivity contribution in [3.05, 3.63) is 28.8 Å². The maximum absolute atomic E-state index is 11.3. The Hall–Kier alpha value is -1.73. The van der Waals surface area contributed by atoms with E-state index < -0.39 is 0 Å². The van der Waals surface area contributed by atoms with Gasteiger partial charge in [0.1, 0.15) is 11.8 Å². The Morgan fingerprint density at radius 1 is 1.59 bits per heavy atom. The van der Waals surface area contributed by atoms with E-state index in [0.29, 0.717) is 22.9 Å². The highest BCUT2D eigenvalue weighted by Gasteiger charge is 2.04. The molecule has 4 nitrogen and oxygen atoms in total. The van der Waals surface area contributed by atoms with Crippen LogP contribution in [0.2, 0.25) is 5.02 Å². The van der Waals surface area contributed by atoms with Gasteiger partial charge in [-0.25, -0.2) is 0 Å². The third-order valence-corrected chi connectivity index (χ3v) is 2.32.